The van der Waals surface area contributed by atoms with Crippen LogP contribution in [0.4, 0.5) is 5.69 Å². The topological polar surface area (TPSA) is 64.0 Å². The van der Waals surface area contributed by atoms with Crippen LogP contribution in [-0.2, 0) is 6.42 Å². The van der Waals surface area contributed by atoms with Gasteiger partial charge in [-0.2, -0.15) is 5.10 Å². The summed E-state index contributed by atoms with van der Waals surface area (Å²) in [6.07, 6.45) is 0.784. The number of para-hydroxylation sites is 2. The van der Waals surface area contributed by atoms with Crippen molar-refractivity contribution in [2.45, 2.75) is 20.3 Å². The van der Waals surface area contributed by atoms with Crippen molar-refractivity contribution in [1.29, 1.82) is 0 Å². The highest BCUT2D eigenvalue weighted by Crippen LogP contribution is 2.16. The van der Waals surface area contributed by atoms with Gasteiger partial charge in [0.05, 0.1) is 5.69 Å². The van der Waals surface area contributed by atoms with Crippen LogP contribution < -0.4 is 10.7 Å². The van der Waals surface area contributed by atoms with E-state index in [1.807, 2.05) is 61.5 Å². The molecule has 0 aliphatic rings. The number of hydrogen-bond donors (Lipinski definition) is 1. The Labute approximate surface area is 145 Å². The van der Waals surface area contributed by atoms with Crippen LogP contribution in [-0.4, -0.2) is 15.7 Å². The number of nitrogens with one attached hydrogen (secondary N) is 1. The SMILES string of the molecule is CCc1ccccc1NC(=O)c1nn(-c2ccccc2)c(C)cc1=O. The molecule has 1 aromatic heterocycles. The first kappa shape index (κ1) is 16.6. The Bertz CT molecular complexity index is 962. The normalized spacial score (nSPS) is 10.5. The Kier molecular flexibility index (Phi) is 4.75. The molecule has 0 aliphatic carbocycles. The zero-order valence-corrected chi connectivity index (χ0v) is 14.2. The summed E-state index contributed by atoms with van der Waals surface area (Å²) in [4.78, 5) is 24.9. The predicted molar refractivity (Wildman–Crippen MR) is 98.3 cm³/mol. The second-order valence-corrected chi connectivity index (χ2v) is 5.71. The molecule has 0 unspecified atom stereocenters. The van der Waals surface area contributed by atoms with Gasteiger partial charge in [0, 0.05) is 17.4 Å². The molecule has 0 aliphatic heterocycles. The van der Waals surface area contributed by atoms with Crippen LogP contribution in [0.1, 0.15) is 28.7 Å². The Morgan fingerprint density at radius 1 is 1.08 bits per heavy atom. The van der Waals surface area contributed by atoms with E-state index in [-0.39, 0.29) is 5.69 Å². The minimum Gasteiger partial charge on any atom is -0.320 e. The molecule has 5 heteroatoms. The third-order valence-corrected chi connectivity index (χ3v) is 3.97. The first-order chi connectivity index (χ1) is 12.1. The van der Waals surface area contributed by atoms with Crippen molar-refractivity contribution in [1.82, 2.24) is 9.78 Å². The predicted octanol–water partition coefficient (Wildman–Crippen LogP) is 3.36. The van der Waals surface area contributed by atoms with Gasteiger partial charge < -0.3 is 5.32 Å². The first-order valence-corrected chi connectivity index (χ1v) is 8.16. The molecule has 0 fully saturated rings. The lowest BCUT2D eigenvalue weighted by Gasteiger charge is -2.12. The summed E-state index contributed by atoms with van der Waals surface area (Å²) < 4.78 is 1.60. The summed E-state index contributed by atoms with van der Waals surface area (Å²) in [5.41, 5.74) is 2.65. The Hall–Kier alpha value is -3.21. The van der Waals surface area contributed by atoms with Crippen molar-refractivity contribution < 1.29 is 4.79 Å². The fourth-order valence-electron chi connectivity index (χ4n) is 2.67. The number of hydrogen-bond acceptors (Lipinski definition) is 3. The second-order valence-electron chi connectivity index (χ2n) is 5.71. The largest absolute Gasteiger partial charge is 0.320 e. The number of rotatable bonds is 4. The number of benzene rings is 2. The van der Waals surface area contributed by atoms with Gasteiger partial charge in [-0.25, -0.2) is 4.68 Å². The molecule has 126 valence electrons. The van der Waals surface area contributed by atoms with Gasteiger partial charge >= 0.3 is 0 Å². The van der Waals surface area contributed by atoms with Gasteiger partial charge in [0.2, 0.25) is 5.43 Å². The van der Waals surface area contributed by atoms with E-state index in [2.05, 4.69) is 10.4 Å². The number of amides is 1. The molecule has 3 aromatic rings. The van der Waals surface area contributed by atoms with Crippen LogP contribution in [0.15, 0.2) is 65.5 Å². The van der Waals surface area contributed by atoms with E-state index in [0.717, 1.165) is 17.7 Å². The van der Waals surface area contributed by atoms with E-state index in [1.54, 1.807) is 11.6 Å². The summed E-state index contributed by atoms with van der Waals surface area (Å²) >= 11 is 0. The van der Waals surface area contributed by atoms with Gasteiger partial charge in [-0.05, 0) is 37.1 Å². The lowest BCUT2D eigenvalue weighted by Crippen LogP contribution is -2.27. The second kappa shape index (κ2) is 7.13. The van der Waals surface area contributed by atoms with Crippen LogP contribution in [0, 0.1) is 6.92 Å². The number of nitrogens with zero attached hydrogens (tertiary/aromatic N) is 2. The number of anilines is 1. The highest BCUT2D eigenvalue weighted by atomic mass is 16.2. The number of aromatic nitrogens is 2. The van der Waals surface area contributed by atoms with E-state index in [1.165, 1.54) is 6.07 Å². The van der Waals surface area contributed by atoms with Gasteiger partial charge in [-0.15, -0.1) is 0 Å². The highest BCUT2D eigenvalue weighted by molar-refractivity contribution is 6.03. The minimum atomic E-state index is -0.504. The molecule has 0 saturated carbocycles. The zero-order valence-electron chi connectivity index (χ0n) is 14.2. The maximum Gasteiger partial charge on any atom is 0.280 e. The van der Waals surface area contributed by atoms with Crippen molar-refractivity contribution in [2.24, 2.45) is 0 Å². The Morgan fingerprint density at radius 2 is 1.76 bits per heavy atom. The van der Waals surface area contributed by atoms with Crippen LogP contribution in [0.25, 0.3) is 5.69 Å². The van der Waals surface area contributed by atoms with E-state index < -0.39 is 11.3 Å². The average Bonchev–Trinajstić information content (AvgIpc) is 2.63. The molecule has 0 spiro atoms. The highest BCUT2D eigenvalue weighted by Gasteiger charge is 2.16. The molecule has 0 radical (unpaired) electrons. The summed E-state index contributed by atoms with van der Waals surface area (Å²) in [6.45, 7) is 3.80. The molecule has 0 saturated heterocycles. The molecule has 3 rings (SSSR count). The van der Waals surface area contributed by atoms with Gasteiger partial charge in [0.25, 0.3) is 5.91 Å². The number of aryl methyl sites for hydroxylation is 2. The maximum atomic E-state index is 12.6. The van der Waals surface area contributed by atoms with Crippen LogP contribution in [0.2, 0.25) is 0 Å². The molecular weight excluding hydrogens is 314 g/mol. The quantitative estimate of drug-likeness (QED) is 0.796. The lowest BCUT2D eigenvalue weighted by atomic mass is 10.1. The third-order valence-electron chi connectivity index (χ3n) is 3.97. The standard InChI is InChI=1S/C20H19N3O2/c1-3-15-9-7-8-12-17(15)21-20(25)19-18(24)13-14(2)23(22-19)16-10-5-4-6-11-16/h4-13H,3H2,1-2H3,(H,21,25). The third kappa shape index (κ3) is 3.50. The summed E-state index contributed by atoms with van der Waals surface area (Å²) in [5, 5.41) is 7.09. The van der Waals surface area contributed by atoms with E-state index in [4.69, 9.17) is 0 Å². The lowest BCUT2D eigenvalue weighted by molar-refractivity contribution is 0.101. The van der Waals surface area contributed by atoms with Crippen molar-refractivity contribution in [2.75, 3.05) is 5.32 Å². The Morgan fingerprint density at radius 3 is 2.48 bits per heavy atom. The molecule has 1 N–H and O–H groups in total. The molecular formula is C20H19N3O2. The molecule has 1 heterocycles. The summed E-state index contributed by atoms with van der Waals surface area (Å²) in [6, 6.07) is 18.4. The van der Waals surface area contributed by atoms with Gasteiger partial charge in [-0.1, -0.05) is 43.3 Å². The van der Waals surface area contributed by atoms with Gasteiger partial charge in [-0.3, -0.25) is 9.59 Å². The Balaban J connectivity index is 1.99. The van der Waals surface area contributed by atoms with E-state index >= 15 is 0 Å². The molecule has 1 amide bonds. The van der Waals surface area contributed by atoms with E-state index in [9.17, 15) is 9.59 Å². The number of carbonyl (C=O) groups excluding carboxylic acids is 1. The van der Waals surface area contributed by atoms with Crippen LogP contribution in [0.5, 0.6) is 0 Å². The molecule has 0 atom stereocenters. The molecule has 0 bridgehead atoms. The minimum absolute atomic E-state index is 0.125. The van der Waals surface area contributed by atoms with Crippen LogP contribution in [0.3, 0.4) is 0 Å². The zero-order chi connectivity index (χ0) is 17.8. The van der Waals surface area contributed by atoms with Gasteiger partial charge in [0.1, 0.15) is 0 Å². The van der Waals surface area contributed by atoms with Crippen molar-refractivity contribution in [3.05, 3.63) is 87.8 Å². The van der Waals surface area contributed by atoms with Gasteiger partial charge in [0.15, 0.2) is 5.69 Å². The fraction of sp³-hybridized carbons (Fsp3) is 0.150. The smallest absolute Gasteiger partial charge is 0.280 e. The average molecular weight is 333 g/mol. The van der Waals surface area contributed by atoms with E-state index in [0.29, 0.717) is 11.4 Å². The molecule has 5 nitrogen and oxygen atoms in total. The van der Waals surface area contributed by atoms with Crippen molar-refractivity contribution >= 4 is 11.6 Å². The fourth-order valence-corrected chi connectivity index (χ4v) is 2.67. The molecule has 2 aromatic carbocycles. The van der Waals surface area contributed by atoms with Crippen molar-refractivity contribution in [3.63, 3.8) is 0 Å². The monoisotopic (exact) mass is 333 g/mol. The summed E-state index contributed by atoms with van der Waals surface area (Å²) in [5.74, 6) is -0.504. The first-order valence-electron chi connectivity index (χ1n) is 8.16. The van der Waals surface area contributed by atoms with Crippen molar-refractivity contribution in [3.8, 4) is 5.69 Å². The van der Waals surface area contributed by atoms with Crippen LogP contribution >= 0.6 is 0 Å². The number of carbonyl (C=O) groups is 1. The summed E-state index contributed by atoms with van der Waals surface area (Å²) in [7, 11) is 0. The maximum absolute atomic E-state index is 12.6. The molecule has 25 heavy (non-hydrogen) atoms.